The lowest BCUT2D eigenvalue weighted by Gasteiger charge is -2.12. The first-order chi connectivity index (χ1) is 13.9. The van der Waals surface area contributed by atoms with Crippen LogP contribution in [0.4, 0.5) is 5.69 Å². The molecule has 0 aliphatic heterocycles. The van der Waals surface area contributed by atoms with Crippen molar-refractivity contribution in [2.45, 2.75) is 20.0 Å². The molecule has 0 aliphatic carbocycles. The number of nitrogens with one attached hydrogen (secondary N) is 2. The number of hydrogen-bond donors (Lipinski definition) is 3. The van der Waals surface area contributed by atoms with Gasteiger partial charge in [-0.15, -0.1) is 0 Å². The maximum absolute atomic E-state index is 12.8. The maximum atomic E-state index is 12.8. The van der Waals surface area contributed by atoms with E-state index in [1.54, 1.807) is 6.07 Å². The Bertz CT molecular complexity index is 1120. The number of anilines is 1. The summed E-state index contributed by atoms with van der Waals surface area (Å²) in [6.07, 6.45) is 1.40. The number of carboxylic acids is 1. The van der Waals surface area contributed by atoms with Crippen LogP contribution >= 0.6 is 0 Å². The van der Waals surface area contributed by atoms with E-state index in [0.29, 0.717) is 11.1 Å². The van der Waals surface area contributed by atoms with E-state index in [9.17, 15) is 19.5 Å². The lowest BCUT2D eigenvalue weighted by Crippen LogP contribution is -2.34. The standard InChI is InChI=1S/C20H20N4O5/c1-12-3-5-13(6-4-12)9-22-19(27)16-8-14-7-15(23-29-2)10-21-18(14)24(20(16)28)11-17(25)26/h3-8,10,23H,9,11H2,1-2H3,(H,22,27)(H,25,26). The van der Waals surface area contributed by atoms with Crippen LogP contribution in [0.3, 0.4) is 0 Å². The quantitative estimate of drug-likeness (QED) is 0.520. The van der Waals surface area contributed by atoms with Gasteiger partial charge in [-0.25, -0.2) is 4.98 Å². The molecule has 0 saturated carbocycles. The molecular formula is C20H20N4O5. The van der Waals surface area contributed by atoms with E-state index in [1.807, 2.05) is 31.2 Å². The van der Waals surface area contributed by atoms with Crippen molar-refractivity contribution in [3.63, 3.8) is 0 Å². The van der Waals surface area contributed by atoms with Crippen molar-refractivity contribution in [2.24, 2.45) is 0 Å². The second-order valence-electron chi connectivity index (χ2n) is 6.45. The Balaban J connectivity index is 1.99. The minimum absolute atomic E-state index is 0.161. The van der Waals surface area contributed by atoms with Crippen molar-refractivity contribution in [3.8, 4) is 0 Å². The molecule has 3 rings (SSSR count). The summed E-state index contributed by atoms with van der Waals surface area (Å²) in [7, 11) is 1.43. The molecule has 3 N–H and O–H groups in total. The molecule has 29 heavy (non-hydrogen) atoms. The van der Waals surface area contributed by atoms with Crippen molar-refractivity contribution in [1.29, 1.82) is 0 Å². The molecule has 2 heterocycles. The van der Waals surface area contributed by atoms with Gasteiger partial charge in [0.1, 0.15) is 17.8 Å². The number of fused-ring (bicyclic) bond motifs is 1. The predicted molar refractivity (Wildman–Crippen MR) is 107 cm³/mol. The van der Waals surface area contributed by atoms with Gasteiger partial charge >= 0.3 is 5.97 Å². The average Bonchev–Trinajstić information content (AvgIpc) is 2.69. The summed E-state index contributed by atoms with van der Waals surface area (Å²) in [5, 5.41) is 12.3. The molecule has 0 unspecified atom stereocenters. The lowest BCUT2D eigenvalue weighted by molar-refractivity contribution is -0.137. The first kappa shape index (κ1) is 20.0. The lowest BCUT2D eigenvalue weighted by atomic mass is 10.1. The van der Waals surface area contributed by atoms with E-state index < -0.39 is 24.0 Å². The summed E-state index contributed by atoms with van der Waals surface area (Å²) >= 11 is 0. The molecule has 0 saturated heterocycles. The number of benzene rings is 1. The van der Waals surface area contributed by atoms with Crippen molar-refractivity contribution in [1.82, 2.24) is 14.9 Å². The van der Waals surface area contributed by atoms with Crippen LogP contribution in [0.2, 0.25) is 0 Å². The number of pyridine rings is 2. The van der Waals surface area contributed by atoms with Gasteiger partial charge in [-0.2, -0.15) is 0 Å². The second kappa shape index (κ2) is 8.53. The van der Waals surface area contributed by atoms with E-state index in [1.165, 1.54) is 19.4 Å². The Hall–Kier alpha value is -3.72. The molecule has 150 valence electrons. The van der Waals surface area contributed by atoms with Crippen LogP contribution in [-0.2, 0) is 22.7 Å². The highest BCUT2D eigenvalue weighted by Crippen LogP contribution is 2.17. The summed E-state index contributed by atoms with van der Waals surface area (Å²) < 4.78 is 0.967. The molecule has 0 bridgehead atoms. The third-order valence-electron chi connectivity index (χ3n) is 4.26. The Kier molecular flexibility index (Phi) is 5.89. The molecule has 0 spiro atoms. The zero-order chi connectivity index (χ0) is 21.0. The molecule has 0 radical (unpaired) electrons. The molecular weight excluding hydrogens is 376 g/mol. The van der Waals surface area contributed by atoms with Crippen molar-refractivity contribution >= 4 is 28.6 Å². The largest absolute Gasteiger partial charge is 0.480 e. The van der Waals surface area contributed by atoms with Crippen molar-refractivity contribution in [3.05, 3.63) is 69.6 Å². The Morgan fingerprint density at radius 3 is 2.59 bits per heavy atom. The first-order valence-electron chi connectivity index (χ1n) is 8.77. The normalized spacial score (nSPS) is 10.7. The molecule has 3 aromatic rings. The number of hydrogen-bond acceptors (Lipinski definition) is 6. The smallest absolute Gasteiger partial charge is 0.323 e. The van der Waals surface area contributed by atoms with Gasteiger partial charge < -0.3 is 10.4 Å². The minimum Gasteiger partial charge on any atom is -0.480 e. The molecule has 0 fully saturated rings. The highest BCUT2D eigenvalue weighted by atomic mass is 16.6. The number of rotatable bonds is 7. The van der Waals surface area contributed by atoms with Gasteiger partial charge in [0.05, 0.1) is 19.0 Å². The molecule has 0 atom stereocenters. The van der Waals surface area contributed by atoms with E-state index in [2.05, 4.69) is 15.8 Å². The summed E-state index contributed by atoms with van der Waals surface area (Å²) in [5.74, 6) is -1.81. The number of aryl methyl sites for hydroxylation is 1. The minimum atomic E-state index is -1.22. The van der Waals surface area contributed by atoms with Crippen molar-refractivity contribution < 1.29 is 19.5 Å². The molecule has 0 aliphatic rings. The van der Waals surface area contributed by atoms with Gasteiger partial charge in [-0.1, -0.05) is 29.8 Å². The Morgan fingerprint density at radius 1 is 1.21 bits per heavy atom. The summed E-state index contributed by atoms with van der Waals surface area (Å²) in [5.41, 5.74) is 4.35. The van der Waals surface area contributed by atoms with Crippen LogP contribution in [0.25, 0.3) is 11.0 Å². The summed E-state index contributed by atoms with van der Waals surface area (Å²) in [6.45, 7) is 1.58. The SMILES string of the molecule is CONc1cnc2c(c1)cc(C(=O)NCc1ccc(C)cc1)c(=O)n2CC(=O)O. The monoisotopic (exact) mass is 396 g/mol. The van der Waals surface area contributed by atoms with Crippen LogP contribution in [0, 0.1) is 6.92 Å². The maximum Gasteiger partial charge on any atom is 0.323 e. The third kappa shape index (κ3) is 4.58. The second-order valence-corrected chi connectivity index (χ2v) is 6.45. The van der Waals surface area contributed by atoms with Crippen LogP contribution < -0.4 is 16.4 Å². The number of carbonyl (C=O) groups excluding carboxylic acids is 1. The molecule has 2 aromatic heterocycles. The zero-order valence-electron chi connectivity index (χ0n) is 15.9. The van der Waals surface area contributed by atoms with Crippen LogP contribution in [0.1, 0.15) is 21.5 Å². The van der Waals surface area contributed by atoms with Crippen molar-refractivity contribution in [2.75, 3.05) is 12.6 Å². The van der Waals surface area contributed by atoms with Gasteiger partial charge in [-0.3, -0.25) is 29.3 Å². The molecule has 1 amide bonds. The fourth-order valence-electron chi connectivity index (χ4n) is 2.87. The fourth-order valence-corrected chi connectivity index (χ4v) is 2.87. The topological polar surface area (TPSA) is 123 Å². The van der Waals surface area contributed by atoms with E-state index in [0.717, 1.165) is 15.7 Å². The predicted octanol–water partition coefficient (Wildman–Crippen LogP) is 1.69. The van der Waals surface area contributed by atoms with Gasteiger partial charge in [0, 0.05) is 11.9 Å². The molecule has 9 heteroatoms. The van der Waals surface area contributed by atoms with E-state index >= 15 is 0 Å². The van der Waals surface area contributed by atoms with E-state index in [-0.39, 0.29) is 17.8 Å². The number of carboxylic acid groups (broad SMARTS) is 1. The summed E-state index contributed by atoms with van der Waals surface area (Å²) in [6, 6.07) is 10.6. The first-order valence-corrected chi connectivity index (χ1v) is 8.77. The number of aliphatic carboxylic acids is 1. The average molecular weight is 396 g/mol. The number of amides is 1. The summed E-state index contributed by atoms with van der Waals surface area (Å²) in [4.78, 5) is 45.7. The Labute approximate surface area is 165 Å². The van der Waals surface area contributed by atoms with Gasteiger partial charge in [0.25, 0.3) is 11.5 Å². The van der Waals surface area contributed by atoms with Crippen LogP contribution in [0.15, 0.2) is 47.4 Å². The number of nitrogens with zero attached hydrogens (tertiary/aromatic N) is 2. The fraction of sp³-hybridized carbons (Fsp3) is 0.200. The van der Waals surface area contributed by atoms with Crippen LogP contribution in [0.5, 0.6) is 0 Å². The van der Waals surface area contributed by atoms with Gasteiger partial charge in [-0.05, 0) is 24.6 Å². The highest BCUT2D eigenvalue weighted by Gasteiger charge is 2.18. The number of carbonyl (C=O) groups is 2. The third-order valence-corrected chi connectivity index (χ3v) is 4.26. The Morgan fingerprint density at radius 2 is 1.93 bits per heavy atom. The van der Waals surface area contributed by atoms with Gasteiger partial charge in [0.15, 0.2) is 0 Å². The molecule has 9 nitrogen and oxygen atoms in total. The zero-order valence-corrected chi connectivity index (χ0v) is 15.9. The highest BCUT2D eigenvalue weighted by molar-refractivity contribution is 5.97. The van der Waals surface area contributed by atoms with Crippen LogP contribution in [-0.4, -0.2) is 33.6 Å². The van der Waals surface area contributed by atoms with Gasteiger partial charge in [0.2, 0.25) is 0 Å². The molecule has 1 aromatic carbocycles. The number of aromatic nitrogens is 2. The van der Waals surface area contributed by atoms with E-state index in [4.69, 9.17) is 4.84 Å².